The first-order chi connectivity index (χ1) is 16.1. The van der Waals surface area contributed by atoms with Crippen molar-refractivity contribution < 1.29 is 9.53 Å². The molecule has 0 spiro atoms. The molecule has 0 saturated carbocycles. The van der Waals surface area contributed by atoms with E-state index in [0.717, 1.165) is 65.1 Å². The third-order valence-electron chi connectivity index (χ3n) is 6.18. The van der Waals surface area contributed by atoms with E-state index < -0.39 is 0 Å². The smallest absolute Gasteiger partial charge is 0.227 e. The number of rotatable bonds is 6. The van der Waals surface area contributed by atoms with E-state index in [1.807, 2.05) is 47.1 Å². The molecule has 1 fully saturated rings. The van der Waals surface area contributed by atoms with Crippen LogP contribution in [-0.2, 0) is 11.2 Å². The quantitative estimate of drug-likeness (QED) is 0.443. The van der Waals surface area contributed by atoms with E-state index in [4.69, 9.17) is 14.8 Å². The summed E-state index contributed by atoms with van der Waals surface area (Å²) in [5.41, 5.74) is 4.07. The van der Waals surface area contributed by atoms with Gasteiger partial charge in [0.25, 0.3) is 0 Å². The third kappa shape index (κ3) is 4.57. The molecule has 2 aromatic heterocycles. The van der Waals surface area contributed by atoms with E-state index in [-0.39, 0.29) is 11.8 Å². The molecule has 0 aliphatic carbocycles. The first-order valence-corrected chi connectivity index (χ1v) is 12.1. The number of piperidine rings is 1. The molecule has 0 bridgehead atoms. The maximum Gasteiger partial charge on any atom is 0.227 e. The van der Waals surface area contributed by atoms with Gasteiger partial charge in [-0.2, -0.15) is 0 Å². The van der Waals surface area contributed by atoms with Gasteiger partial charge in [-0.1, -0.05) is 30.4 Å². The number of nitrogens with one attached hydrogen (secondary N) is 1. The van der Waals surface area contributed by atoms with Crippen LogP contribution < -0.4 is 15.0 Å². The number of benzene rings is 2. The first-order valence-electron chi connectivity index (χ1n) is 11.3. The number of amides is 1. The third-order valence-corrected chi connectivity index (χ3v) is 7.17. The average molecular weight is 462 g/mol. The summed E-state index contributed by atoms with van der Waals surface area (Å²) in [6, 6.07) is 16.0. The molecule has 170 valence electrons. The van der Waals surface area contributed by atoms with Gasteiger partial charge in [0.2, 0.25) is 16.0 Å². The van der Waals surface area contributed by atoms with Gasteiger partial charge in [0.05, 0.1) is 19.0 Å². The van der Waals surface area contributed by atoms with Crippen molar-refractivity contribution in [3.63, 3.8) is 0 Å². The fourth-order valence-electron chi connectivity index (χ4n) is 4.12. The molecule has 1 N–H and O–H groups in total. The summed E-state index contributed by atoms with van der Waals surface area (Å²) in [4.78, 5) is 20.6. The lowest BCUT2D eigenvalue weighted by Crippen LogP contribution is -2.38. The number of methoxy groups -OCH3 is 1. The van der Waals surface area contributed by atoms with Crippen LogP contribution in [0.5, 0.6) is 5.75 Å². The molecule has 1 saturated heterocycles. The van der Waals surface area contributed by atoms with Crippen LogP contribution in [0.25, 0.3) is 16.2 Å². The number of hydrogen-bond acceptors (Lipinski definition) is 6. The summed E-state index contributed by atoms with van der Waals surface area (Å²) in [5, 5.41) is 8.77. The zero-order chi connectivity index (χ0) is 22.8. The Kier molecular flexibility index (Phi) is 6.00. The van der Waals surface area contributed by atoms with Crippen LogP contribution in [0.2, 0.25) is 0 Å². The van der Waals surface area contributed by atoms with Crippen LogP contribution in [0, 0.1) is 5.92 Å². The fraction of sp³-hybridized carbons (Fsp3) is 0.320. The van der Waals surface area contributed by atoms with Gasteiger partial charge in [0.1, 0.15) is 5.75 Å². The normalized spacial score (nSPS) is 14.5. The van der Waals surface area contributed by atoms with E-state index in [1.54, 1.807) is 18.4 Å². The second-order valence-corrected chi connectivity index (χ2v) is 9.20. The Balaban J connectivity index is 1.20. The Morgan fingerprint density at radius 2 is 1.85 bits per heavy atom. The van der Waals surface area contributed by atoms with E-state index in [0.29, 0.717) is 0 Å². The van der Waals surface area contributed by atoms with Gasteiger partial charge in [-0.25, -0.2) is 9.50 Å². The highest BCUT2D eigenvalue weighted by atomic mass is 32.1. The molecule has 7 nitrogen and oxygen atoms in total. The topological polar surface area (TPSA) is 71.8 Å². The fourth-order valence-corrected chi connectivity index (χ4v) is 5.05. The number of anilines is 2. The highest BCUT2D eigenvalue weighted by Gasteiger charge is 2.27. The Hall–Kier alpha value is -3.39. The molecular weight excluding hydrogens is 434 g/mol. The molecule has 1 aliphatic heterocycles. The van der Waals surface area contributed by atoms with E-state index >= 15 is 0 Å². The van der Waals surface area contributed by atoms with Crippen molar-refractivity contribution in [2.24, 2.45) is 5.92 Å². The minimum atomic E-state index is 0.0258. The van der Waals surface area contributed by atoms with Crippen LogP contribution in [0.3, 0.4) is 0 Å². The molecule has 1 amide bonds. The van der Waals surface area contributed by atoms with Crippen molar-refractivity contribution in [1.29, 1.82) is 0 Å². The van der Waals surface area contributed by atoms with Crippen LogP contribution in [0.15, 0.2) is 54.7 Å². The maximum absolute atomic E-state index is 12.7. The average Bonchev–Trinajstić information content (AvgIpc) is 3.44. The molecule has 0 unspecified atom stereocenters. The summed E-state index contributed by atoms with van der Waals surface area (Å²) in [7, 11) is 1.66. The van der Waals surface area contributed by atoms with Gasteiger partial charge < -0.3 is 15.0 Å². The van der Waals surface area contributed by atoms with Crippen molar-refractivity contribution in [2.75, 3.05) is 30.4 Å². The molecular formula is C25H27N5O2S. The Morgan fingerprint density at radius 3 is 2.48 bits per heavy atom. The van der Waals surface area contributed by atoms with Crippen LogP contribution in [0.1, 0.15) is 25.3 Å². The number of fused-ring (bicyclic) bond motifs is 1. The van der Waals surface area contributed by atoms with Crippen molar-refractivity contribution in [3.8, 4) is 17.0 Å². The monoisotopic (exact) mass is 461 g/mol. The molecule has 1 aliphatic rings. The van der Waals surface area contributed by atoms with E-state index in [2.05, 4.69) is 29.3 Å². The highest BCUT2D eigenvalue weighted by Crippen LogP contribution is 2.30. The number of hydrogen-bond donors (Lipinski definition) is 1. The van der Waals surface area contributed by atoms with Gasteiger partial charge >= 0.3 is 0 Å². The second kappa shape index (κ2) is 9.23. The Labute approximate surface area is 197 Å². The zero-order valence-corrected chi connectivity index (χ0v) is 19.6. The lowest BCUT2D eigenvalue weighted by atomic mass is 9.96. The van der Waals surface area contributed by atoms with Crippen molar-refractivity contribution in [1.82, 2.24) is 14.6 Å². The standard InChI is InChI=1S/C25H27N5O2S/c1-3-17-4-8-20(9-5-17)26-23(31)19-12-14-29(15-13-19)25-28-30-16-22(27-24(30)33-25)18-6-10-21(32-2)11-7-18/h4-11,16,19H,3,12-15H2,1-2H3,(H,26,31). The predicted molar refractivity (Wildman–Crippen MR) is 132 cm³/mol. The second-order valence-electron chi connectivity index (χ2n) is 8.27. The molecule has 0 radical (unpaired) electrons. The van der Waals surface area contributed by atoms with Crippen molar-refractivity contribution in [2.45, 2.75) is 26.2 Å². The Morgan fingerprint density at radius 1 is 1.12 bits per heavy atom. The lowest BCUT2D eigenvalue weighted by Gasteiger charge is -2.30. The molecule has 8 heteroatoms. The van der Waals surface area contributed by atoms with Crippen LogP contribution in [0.4, 0.5) is 10.8 Å². The minimum Gasteiger partial charge on any atom is -0.497 e. The number of carbonyl (C=O) groups excluding carboxylic acids is 1. The molecule has 5 rings (SSSR count). The predicted octanol–water partition coefficient (Wildman–Crippen LogP) is 4.88. The number of nitrogens with zero attached hydrogens (tertiary/aromatic N) is 4. The van der Waals surface area contributed by atoms with Crippen LogP contribution in [-0.4, -0.2) is 40.7 Å². The van der Waals surface area contributed by atoms with E-state index in [1.165, 1.54) is 5.56 Å². The zero-order valence-electron chi connectivity index (χ0n) is 18.8. The summed E-state index contributed by atoms with van der Waals surface area (Å²) in [6.07, 6.45) is 4.59. The first kappa shape index (κ1) is 21.5. The maximum atomic E-state index is 12.7. The number of ether oxygens (including phenoxy) is 1. The number of imidazole rings is 1. The number of aromatic nitrogens is 3. The van der Waals surface area contributed by atoms with E-state index in [9.17, 15) is 4.79 Å². The number of aryl methyl sites for hydroxylation is 1. The summed E-state index contributed by atoms with van der Waals surface area (Å²) < 4.78 is 7.07. The SMILES string of the molecule is CCc1ccc(NC(=O)C2CCN(c3nn4cc(-c5ccc(OC)cc5)nc4s3)CC2)cc1. The molecule has 3 heterocycles. The summed E-state index contributed by atoms with van der Waals surface area (Å²) >= 11 is 1.58. The molecule has 0 atom stereocenters. The van der Waals surface area contributed by atoms with Crippen LogP contribution >= 0.6 is 11.3 Å². The molecule has 4 aromatic rings. The largest absolute Gasteiger partial charge is 0.497 e. The lowest BCUT2D eigenvalue weighted by molar-refractivity contribution is -0.120. The molecule has 33 heavy (non-hydrogen) atoms. The molecule has 2 aromatic carbocycles. The summed E-state index contributed by atoms with van der Waals surface area (Å²) in [5.74, 6) is 0.960. The highest BCUT2D eigenvalue weighted by molar-refractivity contribution is 7.20. The van der Waals surface area contributed by atoms with Gasteiger partial charge in [-0.3, -0.25) is 4.79 Å². The van der Waals surface area contributed by atoms with Gasteiger partial charge in [-0.05, 0) is 61.2 Å². The van der Waals surface area contributed by atoms with Gasteiger partial charge in [0, 0.05) is 30.3 Å². The minimum absolute atomic E-state index is 0.0258. The van der Waals surface area contributed by atoms with Gasteiger partial charge in [-0.15, -0.1) is 5.10 Å². The van der Waals surface area contributed by atoms with Crippen molar-refractivity contribution >= 4 is 33.0 Å². The Bertz CT molecular complexity index is 1210. The number of carbonyl (C=O) groups is 1. The van der Waals surface area contributed by atoms with Gasteiger partial charge in [0.15, 0.2) is 0 Å². The summed E-state index contributed by atoms with van der Waals surface area (Å²) in [6.45, 7) is 3.75. The van der Waals surface area contributed by atoms with Crippen molar-refractivity contribution in [3.05, 3.63) is 60.3 Å².